The number of carbonyl (C=O) groups is 1. The number of amides is 2. The second-order valence-electron chi connectivity index (χ2n) is 4.49. The molecule has 2 heterocycles. The molecule has 5 heteroatoms. The van der Waals surface area contributed by atoms with Gasteiger partial charge in [0.1, 0.15) is 0 Å². The summed E-state index contributed by atoms with van der Waals surface area (Å²) in [7, 11) is 2.11. The molecule has 0 aromatic carbocycles. The van der Waals surface area contributed by atoms with Crippen molar-refractivity contribution in [2.24, 2.45) is 5.92 Å². The average Bonchev–Trinajstić information content (AvgIpc) is 2.74. The Labute approximate surface area is 101 Å². The fraction of sp³-hybridized carbons (Fsp3) is 0.500. The summed E-state index contributed by atoms with van der Waals surface area (Å²) in [5, 5.41) is 5.64. The maximum absolute atomic E-state index is 11.6. The van der Waals surface area contributed by atoms with E-state index >= 15 is 0 Å². The zero-order valence-electron chi connectivity index (χ0n) is 10.0. The number of carbonyl (C=O) groups excluding carboxylic acids is 1. The van der Waals surface area contributed by atoms with E-state index in [1.165, 1.54) is 0 Å². The van der Waals surface area contributed by atoms with Crippen molar-refractivity contribution < 1.29 is 4.79 Å². The summed E-state index contributed by atoms with van der Waals surface area (Å²) in [6.07, 6.45) is 4.46. The number of aromatic nitrogens is 1. The summed E-state index contributed by atoms with van der Waals surface area (Å²) >= 11 is 0. The van der Waals surface area contributed by atoms with Crippen molar-refractivity contribution in [1.82, 2.24) is 15.2 Å². The first-order chi connectivity index (χ1) is 8.24. The molecule has 1 fully saturated rings. The van der Waals surface area contributed by atoms with Gasteiger partial charge >= 0.3 is 6.03 Å². The zero-order chi connectivity index (χ0) is 12.1. The molecule has 1 unspecified atom stereocenters. The van der Waals surface area contributed by atoms with E-state index in [9.17, 15) is 4.79 Å². The molecule has 0 aliphatic carbocycles. The second kappa shape index (κ2) is 5.63. The van der Waals surface area contributed by atoms with Crippen molar-refractivity contribution in [2.45, 2.75) is 6.42 Å². The van der Waals surface area contributed by atoms with E-state index in [2.05, 4.69) is 27.6 Å². The molecule has 2 amide bonds. The maximum Gasteiger partial charge on any atom is 0.319 e. The van der Waals surface area contributed by atoms with Gasteiger partial charge in [-0.1, -0.05) is 0 Å². The van der Waals surface area contributed by atoms with Crippen molar-refractivity contribution in [3.8, 4) is 0 Å². The summed E-state index contributed by atoms with van der Waals surface area (Å²) < 4.78 is 0. The maximum atomic E-state index is 11.6. The van der Waals surface area contributed by atoms with Gasteiger partial charge in [-0.2, -0.15) is 0 Å². The molecule has 0 bridgehead atoms. The summed E-state index contributed by atoms with van der Waals surface area (Å²) in [5.74, 6) is 0.569. The molecule has 92 valence electrons. The minimum Gasteiger partial charge on any atom is -0.338 e. The highest BCUT2D eigenvalue weighted by atomic mass is 16.2. The number of nitrogens with one attached hydrogen (secondary N) is 2. The standard InChI is InChI=1S/C12H18N4O/c1-16-6-4-10(9-16)7-14-12(17)15-11-3-2-5-13-8-11/h2-3,5,8,10H,4,6-7,9H2,1H3,(H2,14,15,17). The molecule has 0 spiro atoms. The quantitative estimate of drug-likeness (QED) is 0.825. The third-order valence-corrected chi connectivity index (χ3v) is 2.96. The fourth-order valence-corrected chi connectivity index (χ4v) is 2.04. The summed E-state index contributed by atoms with van der Waals surface area (Å²) in [5.41, 5.74) is 0.716. The van der Waals surface area contributed by atoms with Crippen LogP contribution in [0.3, 0.4) is 0 Å². The molecule has 1 aromatic heterocycles. The highest BCUT2D eigenvalue weighted by molar-refractivity contribution is 5.88. The Morgan fingerprint density at radius 2 is 2.53 bits per heavy atom. The van der Waals surface area contributed by atoms with Gasteiger partial charge in [0.15, 0.2) is 0 Å². The Kier molecular flexibility index (Phi) is 3.93. The molecule has 1 aliphatic heterocycles. The monoisotopic (exact) mass is 234 g/mol. The van der Waals surface area contributed by atoms with Crippen LogP contribution in [0, 0.1) is 5.92 Å². The molecule has 1 aromatic rings. The van der Waals surface area contributed by atoms with E-state index in [4.69, 9.17) is 0 Å². The molecule has 17 heavy (non-hydrogen) atoms. The predicted molar refractivity (Wildman–Crippen MR) is 66.9 cm³/mol. The molecular weight excluding hydrogens is 216 g/mol. The number of pyridine rings is 1. The SMILES string of the molecule is CN1CCC(CNC(=O)Nc2cccnc2)C1. The fourth-order valence-electron chi connectivity index (χ4n) is 2.04. The van der Waals surface area contributed by atoms with Gasteiger partial charge in [-0.25, -0.2) is 4.79 Å². The van der Waals surface area contributed by atoms with Crippen molar-refractivity contribution >= 4 is 11.7 Å². The van der Waals surface area contributed by atoms with Crippen LogP contribution in [0.15, 0.2) is 24.5 Å². The van der Waals surface area contributed by atoms with Gasteiger partial charge in [0.05, 0.1) is 11.9 Å². The smallest absolute Gasteiger partial charge is 0.319 e. The van der Waals surface area contributed by atoms with Crippen LogP contribution in [-0.2, 0) is 0 Å². The lowest BCUT2D eigenvalue weighted by molar-refractivity contribution is 0.250. The van der Waals surface area contributed by atoms with Gasteiger partial charge < -0.3 is 15.5 Å². The molecule has 0 saturated carbocycles. The van der Waals surface area contributed by atoms with Crippen LogP contribution in [0.5, 0.6) is 0 Å². The summed E-state index contributed by atoms with van der Waals surface area (Å²) in [4.78, 5) is 17.8. The number of hydrogen-bond donors (Lipinski definition) is 2. The Balaban J connectivity index is 1.71. The van der Waals surface area contributed by atoms with E-state index in [1.54, 1.807) is 18.5 Å². The first kappa shape index (κ1) is 11.9. The lowest BCUT2D eigenvalue weighted by atomic mass is 10.1. The van der Waals surface area contributed by atoms with Crippen LogP contribution < -0.4 is 10.6 Å². The minimum absolute atomic E-state index is 0.160. The third kappa shape index (κ3) is 3.71. The van der Waals surface area contributed by atoms with Gasteiger partial charge in [-0.05, 0) is 38.1 Å². The summed E-state index contributed by atoms with van der Waals surface area (Å²) in [6, 6.07) is 3.45. The van der Waals surface area contributed by atoms with Crippen LogP contribution >= 0.6 is 0 Å². The molecule has 2 rings (SSSR count). The molecule has 5 nitrogen and oxygen atoms in total. The number of rotatable bonds is 3. The largest absolute Gasteiger partial charge is 0.338 e. The molecule has 1 atom stereocenters. The van der Waals surface area contributed by atoms with Gasteiger partial charge in [0.25, 0.3) is 0 Å². The normalized spacial score (nSPS) is 20.2. The van der Waals surface area contributed by atoms with E-state index in [-0.39, 0.29) is 6.03 Å². The first-order valence-electron chi connectivity index (χ1n) is 5.87. The molecular formula is C12H18N4O. The topological polar surface area (TPSA) is 57.3 Å². The highest BCUT2D eigenvalue weighted by Gasteiger charge is 2.19. The molecule has 1 saturated heterocycles. The van der Waals surface area contributed by atoms with E-state index < -0.39 is 0 Å². The minimum atomic E-state index is -0.160. The number of urea groups is 1. The molecule has 1 aliphatic rings. The first-order valence-corrected chi connectivity index (χ1v) is 5.87. The Morgan fingerprint density at radius 1 is 1.65 bits per heavy atom. The second-order valence-corrected chi connectivity index (χ2v) is 4.49. The highest BCUT2D eigenvalue weighted by Crippen LogP contribution is 2.12. The number of nitrogens with zero attached hydrogens (tertiary/aromatic N) is 2. The molecule has 2 N–H and O–H groups in total. The van der Waals surface area contributed by atoms with E-state index in [1.807, 2.05) is 6.07 Å². The van der Waals surface area contributed by atoms with E-state index in [0.717, 1.165) is 26.1 Å². The van der Waals surface area contributed by atoms with Crippen molar-refractivity contribution in [3.63, 3.8) is 0 Å². The van der Waals surface area contributed by atoms with E-state index in [0.29, 0.717) is 11.6 Å². The van der Waals surface area contributed by atoms with Crippen LogP contribution in [0.4, 0.5) is 10.5 Å². The van der Waals surface area contributed by atoms with Crippen LogP contribution in [0.1, 0.15) is 6.42 Å². The van der Waals surface area contributed by atoms with Gasteiger partial charge in [0, 0.05) is 19.3 Å². The lowest BCUT2D eigenvalue weighted by Gasteiger charge is -2.12. The number of hydrogen-bond acceptors (Lipinski definition) is 3. The van der Waals surface area contributed by atoms with Crippen molar-refractivity contribution in [3.05, 3.63) is 24.5 Å². The predicted octanol–water partition coefficient (Wildman–Crippen LogP) is 1.15. The Morgan fingerprint density at radius 3 is 3.18 bits per heavy atom. The van der Waals surface area contributed by atoms with Gasteiger partial charge in [-0.15, -0.1) is 0 Å². The summed E-state index contributed by atoms with van der Waals surface area (Å²) in [6.45, 7) is 2.92. The van der Waals surface area contributed by atoms with Crippen molar-refractivity contribution in [1.29, 1.82) is 0 Å². The molecule has 0 radical (unpaired) electrons. The Hall–Kier alpha value is -1.62. The number of likely N-dealkylation sites (tertiary alicyclic amines) is 1. The Bertz CT molecular complexity index is 368. The van der Waals surface area contributed by atoms with Crippen LogP contribution in [-0.4, -0.2) is 42.6 Å². The van der Waals surface area contributed by atoms with Gasteiger partial charge in [-0.3, -0.25) is 4.98 Å². The lowest BCUT2D eigenvalue weighted by Crippen LogP contribution is -2.33. The van der Waals surface area contributed by atoms with Crippen LogP contribution in [0.2, 0.25) is 0 Å². The zero-order valence-corrected chi connectivity index (χ0v) is 10.0. The van der Waals surface area contributed by atoms with Crippen molar-refractivity contribution in [2.75, 3.05) is 32.0 Å². The number of anilines is 1. The third-order valence-electron chi connectivity index (χ3n) is 2.96. The van der Waals surface area contributed by atoms with Crippen LogP contribution in [0.25, 0.3) is 0 Å². The van der Waals surface area contributed by atoms with Gasteiger partial charge in [0.2, 0.25) is 0 Å². The average molecular weight is 234 g/mol.